The predicted molar refractivity (Wildman–Crippen MR) is 74.7 cm³/mol. The third-order valence-corrected chi connectivity index (χ3v) is 3.91. The monoisotopic (exact) mass is 255 g/mol. The van der Waals surface area contributed by atoms with Gasteiger partial charge >= 0.3 is 0 Å². The van der Waals surface area contributed by atoms with Crippen LogP contribution in [0, 0.1) is 11.8 Å². The van der Waals surface area contributed by atoms with Crippen LogP contribution >= 0.6 is 0 Å². The van der Waals surface area contributed by atoms with E-state index in [4.69, 9.17) is 4.74 Å². The van der Waals surface area contributed by atoms with Crippen LogP contribution in [0.3, 0.4) is 0 Å². The highest BCUT2D eigenvalue weighted by Crippen LogP contribution is 2.28. The van der Waals surface area contributed by atoms with E-state index in [1.54, 1.807) is 0 Å². The van der Waals surface area contributed by atoms with Gasteiger partial charge in [-0.05, 0) is 39.7 Å². The Morgan fingerprint density at radius 2 is 2.17 bits per heavy atom. The molecule has 2 unspecified atom stereocenters. The van der Waals surface area contributed by atoms with Crippen LogP contribution < -0.4 is 0 Å². The molecule has 0 aromatic carbocycles. The molecular weight excluding hydrogens is 226 g/mol. The molecule has 1 rings (SSSR count). The maximum absolute atomic E-state index is 11.9. The Morgan fingerprint density at radius 3 is 2.78 bits per heavy atom. The summed E-state index contributed by atoms with van der Waals surface area (Å²) in [5.74, 6) is 1.48. The van der Waals surface area contributed by atoms with Crippen molar-refractivity contribution in [3.05, 3.63) is 0 Å². The average Bonchev–Trinajstić information content (AvgIpc) is 2.31. The summed E-state index contributed by atoms with van der Waals surface area (Å²) in [6.07, 6.45) is 4.49. The highest BCUT2D eigenvalue weighted by Gasteiger charge is 2.28. The number of Topliss-reactive ketones (excluding diaryl/α,β-unsaturated/α-hetero) is 1. The number of rotatable bonds is 7. The molecule has 0 N–H and O–H groups in total. The van der Waals surface area contributed by atoms with Crippen molar-refractivity contribution < 1.29 is 9.53 Å². The van der Waals surface area contributed by atoms with Gasteiger partial charge in [-0.3, -0.25) is 4.79 Å². The van der Waals surface area contributed by atoms with E-state index < -0.39 is 0 Å². The molecule has 106 valence electrons. The van der Waals surface area contributed by atoms with Gasteiger partial charge in [0.25, 0.3) is 0 Å². The second-order valence-electron chi connectivity index (χ2n) is 5.89. The smallest absolute Gasteiger partial charge is 0.137 e. The molecule has 3 nitrogen and oxygen atoms in total. The molecule has 0 aromatic rings. The standard InChI is InChI=1S/C15H29NO2/c1-5-13-6-7-15(17)14(10-13)11-16(4)8-9-18-12(2)3/h12-14H,5-11H2,1-4H3. The van der Waals surface area contributed by atoms with Crippen LogP contribution in [0.2, 0.25) is 0 Å². The summed E-state index contributed by atoms with van der Waals surface area (Å²) in [7, 11) is 2.09. The Labute approximate surface area is 112 Å². The van der Waals surface area contributed by atoms with Gasteiger partial charge in [0.15, 0.2) is 0 Å². The Kier molecular flexibility index (Phi) is 6.87. The molecular formula is C15H29NO2. The number of hydrogen-bond donors (Lipinski definition) is 0. The number of ether oxygens (including phenoxy) is 1. The fourth-order valence-corrected chi connectivity index (χ4v) is 2.66. The maximum atomic E-state index is 11.9. The van der Waals surface area contributed by atoms with Crippen LogP contribution in [0.1, 0.15) is 46.5 Å². The second kappa shape index (κ2) is 7.90. The Hall–Kier alpha value is -0.410. The van der Waals surface area contributed by atoms with Crippen LogP contribution in [0.4, 0.5) is 0 Å². The summed E-state index contributed by atoms with van der Waals surface area (Å²) in [5, 5.41) is 0. The van der Waals surface area contributed by atoms with Crippen molar-refractivity contribution >= 4 is 5.78 Å². The SMILES string of the molecule is CCC1CCC(=O)C(CN(C)CCOC(C)C)C1. The van der Waals surface area contributed by atoms with E-state index in [0.29, 0.717) is 11.9 Å². The molecule has 3 heteroatoms. The van der Waals surface area contributed by atoms with Crippen molar-refractivity contribution in [3.63, 3.8) is 0 Å². The van der Waals surface area contributed by atoms with E-state index in [-0.39, 0.29) is 5.92 Å². The molecule has 1 aliphatic carbocycles. The molecule has 0 aromatic heterocycles. The first kappa shape index (κ1) is 15.6. The van der Waals surface area contributed by atoms with E-state index in [2.05, 4.69) is 32.7 Å². The van der Waals surface area contributed by atoms with Gasteiger partial charge in [-0.1, -0.05) is 13.3 Å². The molecule has 0 aliphatic heterocycles. The van der Waals surface area contributed by atoms with Crippen molar-refractivity contribution in [2.45, 2.75) is 52.6 Å². The lowest BCUT2D eigenvalue weighted by Gasteiger charge is -2.30. The Morgan fingerprint density at radius 1 is 1.44 bits per heavy atom. The van der Waals surface area contributed by atoms with Crippen molar-refractivity contribution in [3.8, 4) is 0 Å². The Balaban J connectivity index is 2.28. The van der Waals surface area contributed by atoms with E-state index in [9.17, 15) is 4.79 Å². The highest BCUT2D eigenvalue weighted by molar-refractivity contribution is 5.81. The first-order valence-electron chi connectivity index (χ1n) is 7.35. The quantitative estimate of drug-likeness (QED) is 0.700. The molecule has 1 fully saturated rings. The first-order valence-corrected chi connectivity index (χ1v) is 7.35. The van der Waals surface area contributed by atoms with Crippen molar-refractivity contribution in [1.82, 2.24) is 4.90 Å². The lowest BCUT2D eigenvalue weighted by molar-refractivity contribution is -0.126. The number of carbonyl (C=O) groups excluding carboxylic acids is 1. The van der Waals surface area contributed by atoms with Gasteiger partial charge in [0.2, 0.25) is 0 Å². The number of likely N-dealkylation sites (N-methyl/N-ethyl adjacent to an activating group) is 1. The Bertz CT molecular complexity index is 253. The van der Waals surface area contributed by atoms with Crippen molar-refractivity contribution in [2.24, 2.45) is 11.8 Å². The molecule has 0 amide bonds. The van der Waals surface area contributed by atoms with Gasteiger partial charge in [0, 0.05) is 25.4 Å². The third kappa shape index (κ3) is 5.49. The van der Waals surface area contributed by atoms with E-state index >= 15 is 0 Å². The predicted octanol–water partition coefficient (Wildman–Crippen LogP) is 2.74. The molecule has 2 atom stereocenters. The number of carbonyl (C=O) groups is 1. The topological polar surface area (TPSA) is 29.5 Å². The summed E-state index contributed by atoms with van der Waals surface area (Å²) in [6, 6.07) is 0. The zero-order valence-electron chi connectivity index (χ0n) is 12.4. The normalized spacial score (nSPS) is 25.1. The lowest BCUT2D eigenvalue weighted by atomic mass is 9.79. The molecule has 1 saturated carbocycles. The summed E-state index contributed by atoms with van der Waals surface area (Å²) in [5.41, 5.74) is 0. The first-order chi connectivity index (χ1) is 8.52. The summed E-state index contributed by atoms with van der Waals surface area (Å²) < 4.78 is 5.54. The van der Waals surface area contributed by atoms with Crippen LogP contribution in [0.15, 0.2) is 0 Å². The van der Waals surface area contributed by atoms with Crippen LogP contribution in [0.25, 0.3) is 0 Å². The molecule has 0 saturated heterocycles. The van der Waals surface area contributed by atoms with Gasteiger partial charge in [0.1, 0.15) is 5.78 Å². The summed E-state index contributed by atoms with van der Waals surface area (Å²) in [4.78, 5) is 14.2. The molecule has 0 bridgehead atoms. The lowest BCUT2D eigenvalue weighted by Crippen LogP contribution is -2.36. The highest BCUT2D eigenvalue weighted by atomic mass is 16.5. The molecule has 18 heavy (non-hydrogen) atoms. The second-order valence-corrected chi connectivity index (χ2v) is 5.89. The zero-order valence-corrected chi connectivity index (χ0v) is 12.4. The van der Waals surface area contributed by atoms with E-state index in [0.717, 1.165) is 44.9 Å². The van der Waals surface area contributed by atoms with Crippen molar-refractivity contribution in [1.29, 1.82) is 0 Å². The fourth-order valence-electron chi connectivity index (χ4n) is 2.66. The van der Waals surface area contributed by atoms with E-state index in [1.165, 1.54) is 6.42 Å². The minimum Gasteiger partial charge on any atom is -0.377 e. The average molecular weight is 255 g/mol. The zero-order chi connectivity index (χ0) is 13.5. The molecule has 0 heterocycles. The van der Waals surface area contributed by atoms with Crippen molar-refractivity contribution in [2.75, 3.05) is 26.7 Å². The number of hydrogen-bond acceptors (Lipinski definition) is 3. The van der Waals surface area contributed by atoms with E-state index in [1.807, 2.05) is 0 Å². The summed E-state index contributed by atoms with van der Waals surface area (Å²) >= 11 is 0. The maximum Gasteiger partial charge on any atom is 0.137 e. The van der Waals surface area contributed by atoms with Crippen LogP contribution in [0.5, 0.6) is 0 Å². The number of nitrogens with zero attached hydrogens (tertiary/aromatic N) is 1. The van der Waals surface area contributed by atoms with Crippen LogP contribution in [-0.4, -0.2) is 43.5 Å². The molecule has 0 spiro atoms. The largest absolute Gasteiger partial charge is 0.377 e. The number of ketones is 1. The minimum atomic E-state index is 0.257. The van der Waals surface area contributed by atoms with Gasteiger partial charge in [-0.25, -0.2) is 0 Å². The molecule has 1 aliphatic rings. The van der Waals surface area contributed by atoms with Gasteiger partial charge < -0.3 is 9.64 Å². The van der Waals surface area contributed by atoms with Gasteiger partial charge in [-0.15, -0.1) is 0 Å². The fraction of sp³-hybridized carbons (Fsp3) is 0.933. The van der Waals surface area contributed by atoms with Gasteiger partial charge in [-0.2, -0.15) is 0 Å². The third-order valence-electron chi connectivity index (χ3n) is 3.91. The minimum absolute atomic E-state index is 0.257. The summed E-state index contributed by atoms with van der Waals surface area (Å²) in [6.45, 7) is 8.91. The van der Waals surface area contributed by atoms with Gasteiger partial charge in [0.05, 0.1) is 12.7 Å². The van der Waals surface area contributed by atoms with Crippen LogP contribution in [-0.2, 0) is 9.53 Å². The molecule has 0 radical (unpaired) electrons.